The fourth-order valence-electron chi connectivity index (χ4n) is 2.48. The number of rotatable bonds is 4. The number of benzene rings is 1. The number of hydrogen-bond donors (Lipinski definition) is 1. The molecule has 2 heterocycles. The van der Waals surface area contributed by atoms with Gasteiger partial charge in [0.15, 0.2) is 5.76 Å². The second-order valence-electron chi connectivity index (χ2n) is 5.58. The summed E-state index contributed by atoms with van der Waals surface area (Å²) in [6, 6.07) is 15.5. The first-order valence-corrected chi connectivity index (χ1v) is 7.56. The topological polar surface area (TPSA) is 55.1 Å². The zero-order chi connectivity index (χ0) is 16.2. The summed E-state index contributed by atoms with van der Waals surface area (Å²) in [4.78, 5) is 16.8. The number of aromatic nitrogens is 1. The van der Waals surface area contributed by atoms with Crippen molar-refractivity contribution in [2.45, 2.75) is 19.8 Å². The Morgan fingerprint density at radius 2 is 1.87 bits per heavy atom. The van der Waals surface area contributed by atoms with E-state index in [2.05, 4.69) is 10.3 Å². The summed E-state index contributed by atoms with van der Waals surface area (Å²) in [5.74, 6) is 0.792. The van der Waals surface area contributed by atoms with Gasteiger partial charge in [-0.25, -0.2) is 4.98 Å². The summed E-state index contributed by atoms with van der Waals surface area (Å²) < 4.78 is 5.37. The van der Waals surface area contributed by atoms with E-state index in [0.717, 1.165) is 16.7 Å². The minimum atomic E-state index is -0.283. The van der Waals surface area contributed by atoms with E-state index in [1.807, 2.05) is 62.4 Å². The van der Waals surface area contributed by atoms with E-state index in [4.69, 9.17) is 4.42 Å². The third-order valence-electron chi connectivity index (χ3n) is 3.65. The fraction of sp³-hybridized carbons (Fsp3) is 0.158. The monoisotopic (exact) mass is 306 g/mol. The van der Waals surface area contributed by atoms with Crippen LogP contribution in [0, 0.1) is 0 Å². The van der Waals surface area contributed by atoms with E-state index in [1.54, 1.807) is 12.5 Å². The van der Waals surface area contributed by atoms with E-state index in [0.29, 0.717) is 11.6 Å². The molecule has 1 N–H and O–H groups in total. The van der Waals surface area contributed by atoms with E-state index >= 15 is 0 Å². The second kappa shape index (κ2) is 6.48. The number of carbonyl (C=O) groups is 1. The van der Waals surface area contributed by atoms with Crippen LogP contribution >= 0.6 is 0 Å². The van der Waals surface area contributed by atoms with Gasteiger partial charge in [-0.05, 0) is 29.7 Å². The van der Waals surface area contributed by atoms with Gasteiger partial charge >= 0.3 is 0 Å². The van der Waals surface area contributed by atoms with Crippen molar-refractivity contribution in [2.75, 3.05) is 5.32 Å². The predicted octanol–water partition coefficient (Wildman–Crippen LogP) is 4.72. The molecule has 4 nitrogen and oxygen atoms in total. The number of pyridine rings is 1. The van der Waals surface area contributed by atoms with Crippen LogP contribution in [0.4, 0.5) is 5.82 Å². The zero-order valence-corrected chi connectivity index (χ0v) is 13.1. The lowest BCUT2D eigenvalue weighted by atomic mass is 10.0. The van der Waals surface area contributed by atoms with Crippen LogP contribution in [0.25, 0.3) is 11.1 Å². The molecule has 0 bridgehead atoms. The van der Waals surface area contributed by atoms with Crippen molar-refractivity contribution in [1.29, 1.82) is 0 Å². The molecule has 0 aliphatic carbocycles. The van der Waals surface area contributed by atoms with Gasteiger partial charge in [0.1, 0.15) is 5.82 Å². The smallest absolute Gasteiger partial charge is 0.292 e. The highest BCUT2D eigenvalue weighted by Gasteiger charge is 2.19. The van der Waals surface area contributed by atoms with E-state index in [9.17, 15) is 4.79 Å². The van der Waals surface area contributed by atoms with Gasteiger partial charge in [0.2, 0.25) is 0 Å². The average Bonchev–Trinajstić information content (AvgIpc) is 3.06. The van der Waals surface area contributed by atoms with E-state index in [-0.39, 0.29) is 11.8 Å². The first-order valence-electron chi connectivity index (χ1n) is 7.56. The van der Waals surface area contributed by atoms with Gasteiger partial charge < -0.3 is 9.73 Å². The molecule has 0 aliphatic rings. The first kappa shape index (κ1) is 15.0. The van der Waals surface area contributed by atoms with Gasteiger partial charge in [0.05, 0.1) is 6.26 Å². The van der Waals surface area contributed by atoms with Crippen LogP contribution in [-0.2, 0) is 0 Å². The Morgan fingerprint density at radius 1 is 1.09 bits per heavy atom. The first-order chi connectivity index (χ1) is 11.2. The SMILES string of the molecule is CC(C)c1ccoc1C(=O)Nc1ncccc1-c1ccccc1. The van der Waals surface area contributed by atoms with Crippen LogP contribution in [0.2, 0.25) is 0 Å². The number of nitrogens with zero attached hydrogens (tertiary/aromatic N) is 1. The Bertz CT molecular complexity index is 807. The third-order valence-corrected chi connectivity index (χ3v) is 3.65. The lowest BCUT2D eigenvalue weighted by Crippen LogP contribution is -2.15. The molecule has 3 aromatic rings. The number of carbonyl (C=O) groups excluding carboxylic acids is 1. The number of anilines is 1. The fourth-order valence-corrected chi connectivity index (χ4v) is 2.48. The zero-order valence-electron chi connectivity index (χ0n) is 13.1. The third kappa shape index (κ3) is 3.16. The maximum Gasteiger partial charge on any atom is 0.292 e. The summed E-state index contributed by atoms with van der Waals surface area (Å²) >= 11 is 0. The standard InChI is InChI=1S/C19H18N2O2/c1-13(2)15-10-12-23-17(15)19(22)21-18-16(9-6-11-20-18)14-7-4-3-5-8-14/h3-13H,1-2H3,(H,20,21,22). The molecule has 0 unspecified atom stereocenters. The molecule has 1 amide bonds. The van der Waals surface area contributed by atoms with Crippen molar-refractivity contribution in [1.82, 2.24) is 4.98 Å². The molecule has 116 valence electrons. The number of hydrogen-bond acceptors (Lipinski definition) is 3. The molecule has 1 aromatic carbocycles. The number of furan rings is 1. The quantitative estimate of drug-likeness (QED) is 0.759. The highest BCUT2D eigenvalue weighted by molar-refractivity contribution is 6.04. The Kier molecular flexibility index (Phi) is 4.24. The van der Waals surface area contributed by atoms with Gasteiger partial charge in [-0.2, -0.15) is 0 Å². The molecule has 2 aromatic heterocycles. The van der Waals surface area contributed by atoms with Crippen LogP contribution in [0.5, 0.6) is 0 Å². The molecule has 0 saturated heterocycles. The van der Waals surface area contributed by atoms with Crippen molar-refractivity contribution >= 4 is 11.7 Å². The normalized spacial score (nSPS) is 10.7. The van der Waals surface area contributed by atoms with Gasteiger partial charge in [-0.3, -0.25) is 4.79 Å². The summed E-state index contributed by atoms with van der Waals surface area (Å²) in [5.41, 5.74) is 2.76. The molecule has 4 heteroatoms. The van der Waals surface area contributed by atoms with Crippen LogP contribution in [0.3, 0.4) is 0 Å². The largest absolute Gasteiger partial charge is 0.459 e. The number of nitrogens with one attached hydrogen (secondary N) is 1. The van der Waals surface area contributed by atoms with Crippen LogP contribution in [-0.4, -0.2) is 10.9 Å². The van der Waals surface area contributed by atoms with Crippen molar-refractivity contribution < 1.29 is 9.21 Å². The summed E-state index contributed by atoms with van der Waals surface area (Å²) in [5, 5.41) is 2.86. The molecule has 0 spiro atoms. The van der Waals surface area contributed by atoms with Crippen LogP contribution in [0.1, 0.15) is 35.9 Å². The van der Waals surface area contributed by atoms with Crippen LogP contribution in [0.15, 0.2) is 65.4 Å². The van der Waals surface area contributed by atoms with Gasteiger partial charge in [0.25, 0.3) is 5.91 Å². The summed E-state index contributed by atoms with van der Waals surface area (Å²) in [7, 11) is 0. The van der Waals surface area contributed by atoms with Crippen LogP contribution < -0.4 is 5.32 Å². The summed E-state index contributed by atoms with van der Waals surface area (Å²) in [6.07, 6.45) is 3.20. The van der Waals surface area contributed by atoms with Crippen molar-refractivity contribution in [2.24, 2.45) is 0 Å². The van der Waals surface area contributed by atoms with Gasteiger partial charge in [-0.15, -0.1) is 0 Å². The number of amides is 1. The Balaban J connectivity index is 1.92. The predicted molar refractivity (Wildman–Crippen MR) is 90.4 cm³/mol. The van der Waals surface area contributed by atoms with Gasteiger partial charge in [-0.1, -0.05) is 44.2 Å². The Morgan fingerprint density at radius 3 is 2.61 bits per heavy atom. The molecule has 0 fully saturated rings. The lowest BCUT2D eigenvalue weighted by Gasteiger charge is -2.10. The average molecular weight is 306 g/mol. The highest BCUT2D eigenvalue weighted by atomic mass is 16.3. The maximum absolute atomic E-state index is 12.5. The lowest BCUT2D eigenvalue weighted by molar-refractivity contribution is 0.0994. The molecule has 0 saturated carbocycles. The molecule has 3 rings (SSSR count). The van der Waals surface area contributed by atoms with E-state index < -0.39 is 0 Å². The Hall–Kier alpha value is -2.88. The van der Waals surface area contributed by atoms with E-state index in [1.165, 1.54) is 0 Å². The Labute approximate surface area is 135 Å². The highest BCUT2D eigenvalue weighted by Crippen LogP contribution is 2.27. The van der Waals surface area contributed by atoms with Crippen molar-refractivity contribution in [3.8, 4) is 11.1 Å². The molecular formula is C19H18N2O2. The van der Waals surface area contributed by atoms with Gasteiger partial charge in [0, 0.05) is 17.3 Å². The molecule has 23 heavy (non-hydrogen) atoms. The van der Waals surface area contributed by atoms with Crippen molar-refractivity contribution in [3.63, 3.8) is 0 Å². The second-order valence-corrected chi connectivity index (χ2v) is 5.58. The minimum Gasteiger partial charge on any atom is -0.459 e. The molecule has 0 aliphatic heterocycles. The minimum absolute atomic E-state index is 0.215. The molecule has 0 radical (unpaired) electrons. The summed E-state index contributed by atoms with van der Waals surface area (Å²) in [6.45, 7) is 4.05. The van der Waals surface area contributed by atoms with Crippen molar-refractivity contribution in [3.05, 3.63) is 72.3 Å². The molecular weight excluding hydrogens is 288 g/mol. The maximum atomic E-state index is 12.5. The molecule has 0 atom stereocenters.